The Hall–Kier alpha value is -1.92. The number of Topliss-reactive ketones (excluding diaryl/α,β-unsaturated/α-hetero) is 1. The van der Waals surface area contributed by atoms with Gasteiger partial charge >= 0.3 is 5.97 Å². The second-order valence-electron chi connectivity index (χ2n) is 4.21. The summed E-state index contributed by atoms with van der Waals surface area (Å²) in [6, 6.07) is 5.14. The molecule has 18 heavy (non-hydrogen) atoms. The molecule has 0 unspecified atom stereocenters. The van der Waals surface area contributed by atoms with Gasteiger partial charge < -0.3 is 10.4 Å². The molecule has 1 aliphatic rings. The minimum atomic E-state index is -0.948. The van der Waals surface area contributed by atoms with Gasteiger partial charge in [0.05, 0.1) is 18.7 Å². The van der Waals surface area contributed by atoms with Gasteiger partial charge in [0.25, 0.3) is 0 Å². The lowest BCUT2D eigenvalue weighted by atomic mass is 10.1. The summed E-state index contributed by atoms with van der Waals surface area (Å²) in [6.07, 6.45) is -0.230. The van der Waals surface area contributed by atoms with E-state index in [4.69, 9.17) is 5.11 Å². The Kier molecular flexibility index (Phi) is 3.59. The number of aryl methyl sites for hydroxylation is 1. The van der Waals surface area contributed by atoms with Crippen molar-refractivity contribution in [2.24, 2.45) is 0 Å². The maximum atomic E-state index is 11.0. The van der Waals surface area contributed by atoms with E-state index in [1.807, 2.05) is 6.07 Å². The average molecular weight is 249 g/mol. The maximum absolute atomic E-state index is 11.0. The summed E-state index contributed by atoms with van der Waals surface area (Å²) >= 11 is 0. The number of hydrogen-bond donors (Lipinski definition) is 4. The predicted octanol–water partition coefficient (Wildman–Crippen LogP) is 0.151. The monoisotopic (exact) mass is 249 g/mol. The number of rotatable bonds is 3. The number of benzene rings is 1. The fourth-order valence-electron chi connectivity index (χ4n) is 1.78. The summed E-state index contributed by atoms with van der Waals surface area (Å²) in [5.74, 6) is -0.848. The number of carboxylic acid groups (broad SMARTS) is 1. The number of carbonyl (C=O) groups excluding carboxylic acids is 1. The molecular weight excluding hydrogens is 234 g/mol. The van der Waals surface area contributed by atoms with Crippen LogP contribution in [-0.4, -0.2) is 36.2 Å². The molecule has 2 rings (SSSR count). The maximum Gasteiger partial charge on any atom is 0.336 e. The first-order valence-electron chi connectivity index (χ1n) is 5.65. The molecule has 1 saturated heterocycles. The summed E-state index contributed by atoms with van der Waals surface area (Å²) in [7, 11) is 0. The van der Waals surface area contributed by atoms with Crippen molar-refractivity contribution in [3.05, 3.63) is 29.3 Å². The van der Waals surface area contributed by atoms with Crippen LogP contribution in [0.25, 0.3) is 0 Å². The molecular formula is C12H15N3O3. The van der Waals surface area contributed by atoms with Gasteiger partial charge in [-0.2, -0.15) is 0 Å². The van der Waals surface area contributed by atoms with Crippen LogP contribution in [0.4, 0.5) is 5.69 Å². The summed E-state index contributed by atoms with van der Waals surface area (Å²) in [5, 5.41) is 18.0. The number of carbonyl (C=O) groups is 2. The van der Waals surface area contributed by atoms with Gasteiger partial charge in [-0.1, -0.05) is 6.07 Å². The summed E-state index contributed by atoms with van der Waals surface area (Å²) in [5.41, 5.74) is 1.68. The topological polar surface area (TPSA) is 90.5 Å². The molecule has 4 N–H and O–H groups in total. The first-order valence-corrected chi connectivity index (χ1v) is 5.65. The van der Waals surface area contributed by atoms with E-state index < -0.39 is 5.97 Å². The van der Waals surface area contributed by atoms with Crippen molar-refractivity contribution in [2.75, 3.05) is 18.4 Å². The number of hydrogen-bond acceptors (Lipinski definition) is 5. The molecule has 1 aromatic rings. The summed E-state index contributed by atoms with van der Waals surface area (Å²) in [4.78, 5) is 22.0. The minimum Gasteiger partial charge on any atom is -0.478 e. The van der Waals surface area contributed by atoms with Crippen LogP contribution in [0, 0.1) is 6.92 Å². The van der Waals surface area contributed by atoms with Gasteiger partial charge in [-0.3, -0.25) is 15.4 Å². The van der Waals surface area contributed by atoms with E-state index in [2.05, 4.69) is 16.0 Å². The molecule has 96 valence electrons. The molecule has 0 amide bonds. The quantitative estimate of drug-likeness (QED) is 0.609. The van der Waals surface area contributed by atoms with Crippen molar-refractivity contribution in [1.82, 2.24) is 10.6 Å². The van der Waals surface area contributed by atoms with Gasteiger partial charge in [-0.25, -0.2) is 4.79 Å². The van der Waals surface area contributed by atoms with E-state index >= 15 is 0 Å². The third-order valence-electron chi connectivity index (χ3n) is 2.79. The number of aromatic carboxylic acids is 1. The standard InChI is InChI=1S/C12H15N3O3/c1-7-2-3-8(4-10(7)11(17)18)15-12-13-5-9(16)6-14-12/h2-4,12-15H,5-6H2,1H3,(H,17,18). The van der Waals surface area contributed by atoms with Gasteiger partial charge in [0.1, 0.15) is 6.29 Å². The SMILES string of the molecule is Cc1ccc(NC2NCC(=O)CN2)cc1C(=O)O. The van der Waals surface area contributed by atoms with E-state index in [1.54, 1.807) is 19.1 Å². The molecule has 1 heterocycles. The van der Waals surface area contributed by atoms with Crippen LogP contribution in [0.1, 0.15) is 15.9 Å². The van der Waals surface area contributed by atoms with Crippen LogP contribution in [0.2, 0.25) is 0 Å². The highest BCUT2D eigenvalue weighted by Crippen LogP contribution is 2.15. The molecule has 0 radical (unpaired) electrons. The first kappa shape index (κ1) is 12.5. The molecule has 1 aromatic carbocycles. The molecule has 0 aliphatic carbocycles. The Morgan fingerprint density at radius 3 is 2.67 bits per heavy atom. The second kappa shape index (κ2) is 5.16. The van der Waals surface area contributed by atoms with Gasteiger partial charge in [0.2, 0.25) is 0 Å². The van der Waals surface area contributed by atoms with Crippen LogP contribution in [0.5, 0.6) is 0 Å². The van der Waals surface area contributed by atoms with Crippen LogP contribution in [0.15, 0.2) is 18.2 Å². The highest BCUT2D eigenvalue weighted by atomic mass is 16.4. The number of carboxylic acids is 1. The fraction of sp³-hybridized carbons (Fsp3) is 0.333. The lowest BCUT2D eigenvalue weighted by molar-refractivity contribution is -0.118. The molecule has 0 aromatic heterocycles. The normalized spacial score (nSPS) is 16.6. The first-order chi connectivity index (χ1) is 8.56. The van der Waals surface area contributed by atoms with Crippen molar-refractivity contribution in [3.8, 4) is 0 Å². The lowest BCUT2D eigenvalue weighted by Gasteiger charge is -2.26. The highest BCUT2D eigenvalue weighted by molar-refractivity contribution is 5.90. The van der Waals surface area contributed by atoms with Gasteiger partial charge in [0.15, 0.2) is 5.78 Å². The van der Waals surface area contributed by atoms with Crippen molar-refractivity contribution in [1.29, 1.82) is 0 Å². The second-order valence-corrected chi connectivity index (χ2v) is 4.21. The van der Waals surface area contributed by atoms with Crippen molar-refractivity contribution < 1.29 is 14.7 Å². The molecule has 0 bridgehead atoms. The van der Waals surface area contributed by atoms with E-state index in [0.717, 1.165) is 0 Å². The van der Waals surface area contributed by atoms with E-state index in [1.165, 1.54) is 0 Å². The van der Waals surface area contributed by atoms with Gasteiger partial charge in [0, 0.05) is 5.69 Å². The fourth-order valence-corrected chi connectivity index (χ4v) is 1.78. The number of ketones is 1. The Morgan fingerprint density at radius 2 is 2.06 bits per heavy atom. The van der Waals surface area contributed by atoms with Crippen molar-refractivity contribution >= 4 is 17.4 Å². The van der Waals surface area contributed by atoms with Crippen LogP contribution >= 0.6 is 0 Å². The van der Waals surface area contributed by atoms with Gasteiger partial charge in [-0.05, 0) is 24.6 Å². The minimum absolute atomic E-state index is 0.100. The Bertz CT molecular complexity index is 477. The molecule has 6 nitrogen and oxygen atoms in total. The largest absolute Gasteiger partial charge is 0.478 e. The number of anilines is 1. The Balaban J connectivity index is 2.07. The Morgan fingerprint density at radius 1 is 1.39 bits per heavy atom. The number of nitrogens with one attached hydrogen (secondary N) is 3. The molecule has 1 fully saturated rings. The van der Waals surface area contributed by atoms with E-state index in [-0.39, 0.29) is 17.6 Å². The molecule has 1 aliphatic heterocycles. The molecule has 0 spiro atoms. The van der Waals surface area contributed by atoms with Crippen molar-refractivity contribution in [3.63, 3.8) is 0 Å². The zero-order valence-electron chi connectivity index (χ0n) is 9.99. The zero-order valence-corrected chi connectivity index (χ0v) is 9.99. The third kappa shape index (κ3) is 2.85. The summed E-state index contributed by atoms with van der Waals surface area (Å²) in [6.45, 7) is 2.37. The van der Waals surface area contributed by atoms with Gasteiger partial charge in [-0.15, -0.1) is 0 Å². The average Bonchev–Trinajstić information content (AvgIpc) is 2.34. The lowest BCUT2D eigenvalue weighted by Crippen LogP contribution is -2.56. The third-order valence-corrected chi connectivity index (χ3v) is 2.79. The van der Waals surface area contributed by atoms with Crippen molar-refractivity contribution in [2.45, 2.75) is 13.2 Å². The predicted molar refractivity (Wildman–Crippen MR) is 66.6 cm³/mol. The van der Waals surface area contributed by atoms with Crippen LogP contribution in [-0.2, 0) is 4.79 Å². The summed E-state index contributed by atoms with van der Waals surface area (Å²) < 4.78 is 0. The zero-order chi connectivity index (χ0) is 13.1. The van der Waals surface area contributed by atoms with Crippen LogP contribution in [0.3, 0.4) is 0 Å². The van der Waals surface area contributed by atoms with E-state index in [9.17, 15) is 9.59 Å². The smallest absolute Gasteiger partial charge is 0.336 e. The molecule has 0 saturated carbocycles. The van der Waals surface area contributed by atoms with Crippen LogP contribution < -0.4 is 16.0 Å². The highest BCUT2D eigenvalue weighted by Gasteiger charge is 2.17. The molecule has 6 heteroatoms. The van der Waals surface area contributed by atoms with E-state index in [0.29, 0.717) is 24.3 Å². The Labute approximate surface area is 104 Å². The molecule has 0 atom stereocenters.